The Hall–Kier alpha value is -4.49. The number of benzene rings is 2. The van der Waals surface area contributed by atoms with E-state index in [-0.39, 0.29) is 16.4 Å². The summed E-state index contributed by atoms with van der Waals surface area (Å²) in [6.45, 7) is 1.99. The minimum Gasteiger partial charge on any atom is -0.493 e. The Morgan fingerprint density at radius 2 is 1.83 bits per heavy atom. The fourth-order valence-electron chi connectivity index (χ4n) is 5.17. The van der Waals surface area contributed by atoms with Gasteiger partial charge in [0, 0.05) is 25.2 Å². The van der Waals surface area contributed by atoms with E-state index >= 15 is 0 Å². The van der Waals surface area contributed by atoms with Crippen LogP contribution in [-0.4, -0.2) is 27.6 Å². The summed E-state index contributed by atoms with van der Waals surface area (Å²) in [5.41, 5.74) is 0.845. The second-order valence-corrected chi connectivity index (χ2v) is 12.2. The van der Waals surface area contributed by atoms with Crippen LogP contribution in [0.5, 0.6) is 5.88 Å². The highest BCUT2D eigenvalue weighted by atomic mass is 32.2. The first-order chi connectivity index (χ1) is 19.7. The first-order valence-corrected chi connectivity index (χ1v) is 15.0. The molecular formula is C31H30N4O5S. The number of sulfone groups is 1. The second-order valence-electron chi connectivity index (χ2n) is 10.3. The molecule has 0 amide bonds. The average Bonchev–Trinajstić information content (AvgIpc) is 3.80. The molecule has 10 heteroatoms. The van der Waals surface area contributed by atoms with Gasteiger partial charge < -0.3 is 9.67 Å². The molecule has 4 aromatic rings. The Morgan fingerprint density at radius 3 is 2.49 bits per heavy atom. The van der Waals surface area contributed by atoms with Gasteiger partial charge in [-0.15, -0.1) is 0 Å². The number of aromatic nitrogens is 3. The predicted octanol–water partition coefficient (Wildman–Crippen LogP) is 4.36. The van der Waals surface area contributed by atoms with Crippen molar-refractivity contribution in [2.45, 2.75) is 54.9 Å². The summed E-state index contributed by atoms with van der Waals surface area (Å²) < 4.78 is 30.6. The van der Waals surface area contributed by atoms with Crippen molar-refractivity contribution in [3.05, 3.63) is 105 Å². The van der Waals surface area contributed by atoms with Crippen molar-refractivity contribution < 1.29 is 13.5 Å². The zero-order valence-corrected chi connectivity index (χ0v) is 23.6. The van der Waals surface area contributed by atoms with E-state index in [0.29, 0.717) is 35.4 Å². The van der Waals surface area contributed by atoms with Crippen molar-refractivity contribution in [3.8, 4) is 23.1 Å². The normalized spacial score (nSPS) is 14.0. The third-order valence-corrected chi connectivity index (χ3v) is 9.25. The van der Waals surface area contributed by atoms with E-state index < -0.39 is 32.2 Å². The summed E-state index contributed by atoms with van der Waals surface area (Å²) >= 11 is 0. The molecular weight excluding hydrogens is 540 g/mol. The molecule has 1 fully saturated rings. The van der Waals surface area contributed by atoms with E-state index in [1.165, 1.54) is 33.4 Å². The number of pyridine rings is 1. The molecule has 210 valence electrons. The molecule has 1 N–H and O–H groups in total. The highest BCUT2D eigenvalue weighted by Crippen LogP contribution is 2.46. The molecule has 2 aromatic carbocycles. The van der Waals surface area contributed by atoms with Crippen LogP contribution in [0.15, 0.2) is 86.2 Å². The lowest BCUT2D eigenvalue weighted by molar-refractivity contribution is 0.348. The van der Waals surface area contributed by atoms with Crippen LogP contribution in [0.25, 0.3) is 11.1 Å². The fourth-order valence-corrected chi connectivity index (χ4v) is 6.52. The number of rotatable bonds is 9. The molecule has 0 aliphatic heterocycles. The molecule has 1 saturated carbocycles. The van der Waals surface area contributed by atoms with Crippen LogP contribution in [0.4, 0.5) is 0 Å². The number of hydrogen-bond acceptors (Lipinski definition) is 7. The quantitative estimate of drug-likeness (QED) is 0.316. The zero-order valence-electron chi connectivity index (χ0n) is 22.8. The Labute approximate surface area is 237 Å². The SMILES string of the molecule is CCCCc1nc(=O)c(S(=O)(=O)c2ccc(-c3cccn(C)c3=O)cc2)c(O)n1[C@H](c1cccc(C#N)c1)C1CC1. The topological polar surface area (TPSA) is 135 Å². The molecule has 2 heterocycles. The molecule has 1 aliphatic rings. The smallest absolute Gasteiger partial charge is 0.296 e. The van der Waals surface area contributed by atoms with Gasteiger partial charge in [-0.2, -0.15) is 10.2 Å². The summed E-state index contributed by atoms with van der Waals surface area (Å²) in [7, 11) is -2.87. The molecule has 0 bridgehead atoms. The lowest BCUT2D eigenvalue weighted by Gasteiger charge is -2.26. The molecule has 0 unspecified atom stereocenters. The molecule has 0 spiro atoms. The number of hydrogen-bond donors (Lipinski definition) is 1. The highest BCUT2D eigenvalue weighted by Gasteiger charge is 2.39. The van der Waals surface area contributed by atoms with Gasteiger partial charge in [-0.1, -0.05) is 37.6 Å². The molecule has 0 radical (unpaired) electrons. The van der Waals surface area contributed by atoms with E-state index in [0.717, 1.165) is 24.8 Å². The summed E-state index contributed by atoms with van der Waals surface area (Å²) in [4.78, 5) is 29.0. The summed E-state index contributed by atoms with van der Waals surface area (Å²) in [5, 5.41) is 21.1. The summed E-state index contributed by atoms with van der Waals surface area (Å²) in [6, 6.07) is 17.6. The van der Waals surface area contributed by atoms with Gasteiger partial charge in [0.15, 0.2) is 4.90 Å². The summed E-state index contributed by atoms with van der Waals surface area (Å²) in [6.07, 6.45) is 5.20. The number of aryl methyl sites for hydroxylation is 2. The van der Waals surface area contributed by atoms with Gasteiger partial charge in [0.1, 0.15) is 5.82 Å². The Bertz CT molecular complexity index is 1880. The third-order valence-electron chi connectivity index (χ3n) is 7.46. The van der Waals surface area contributed by atoms with E-state index in [9.17, 15) is 28.4 Å². The van der Waals surface area contributed by atoms with Crippen molar-refractivity contribution in [3.63, 3.8) is 0 Å². The maximum absolute atomic E-state index is 13.8. The Balaban J connectivity index is 1.66. The predicted molar refractivity (Wildman–Crippen MR) is 153 cm³/mol. The highest BCUT2D eigenvalue weighted by molar-refractivity contribution is 7.91. The van der Waals surface area contributed by atoms with E-state index in [4.69, 9.17) is 0 Å². The van der Waals surface area contributed by atoms with Crippen molar-refractivity contribution in [2.24, 2.45) is 13.0 Å². The number of nitrogens with zero attached hydrogens (tertiary/aromatic N) is 4. The molecule has 2 aromatic heterocycles. The van der Waals surface area contributed by atoms with Gasteiger partial charge in [0.25, 0.3) is 11.1 Å². The van der Waals surface area contributed by atoms with Crippen LogP contribution in [0.3, 0.4) is 0 Å². The van der Waals surface area contributed by atoms with Gasteiger partial charge in [0.2, 0.25) is 15.7 Å². The minimum absolute atomic E-state index is 0.0860. The molecule has 1 atom stereocenters. The van der Waals surface area contributed by atoms with Gasteiger partial charge in [0.05, 0.1) is 22.6 Å². The second kappa shape index (κ2) is 11.2. The van der Waals surface area contributed by atoms with Crippen LogP contribution >= 0.6 is 0 Å². The van der Waals surface area contributed by atoms with Gasteiger partial charge >= 0.3 is 0 Å². The zero-order chi connectivity index (χ0) is 29.3. The van der Waals surface area contributed by atoms with Crippen molar-refractivity contribution in [2.75, 3.05) is 0 Å². The van der Waals surface area contributed by atoms with Crippen LogP contribution < -0.4 is 11.1 Å². The first kappa shape index (κ1) is 28.1. The molecule has 9 nitrogen and oxygen atoms in total. The molecule has 5 rings (SSSR count). The largest absolute Gasteiger partial charge is 0.493 e. The van der Waals surface area contributed by atoms with Crippen LogP contribution in [0.2, 0.25) is 0 Å². The molecule has 41 heavy (non-hydrogen) atoms. The molecule has 0 saturated heterocycles. The number of unbranched alkanes of at least 4 members (excludes halogenated alkanes) is 1. The minimum atomic E-state index is -4.49. The lowest BCUT2D eigenvalue weighted by atomic mass is 9.99. The standard InChI is InChI=1S/C31H30N4O5S/c1-3-4-10-26-33-29(36)28(31(38)35(26)27(22-11-12-22)23-8-5-7-20(18-23)19-32)41(39,40)24-15-13-21(14-16-24)25-9-6-17-34(2)30(25)37/h5-9,13-18,22,27,38H,3-4,10-12H2,1-2H3/t27-/m0/s1. The third kappa shape index (κ3) is 5.33. The van der Waals surface area contributed by atoms with E-state index in [1.54, 1.807) is 43.6 Å². The maximum atomic E-state index is 13.8. The molecule has 1 aliphatic carbocycles. The first-order valence-electron chi connectivity index (χ1n) is 13.5. The van der Waals surface area contributed by atoms with E-state index in [1.807, 2.05) is 13.0 Å². The van der Waals surface area contributed by atoms with Gasteiger partial charge in [-0.05, 0) is 72.7 Å². The Kier molecular flexibility index (Phi) is 7.65. The maximum Gasteiger partial charge on any atom is 0.296 e. The van der Waals surface area contributed by atoms with Crippen LogP contribution in [0.1, 0.15) is 55.6 Å². The fraction of sp³-hybridized carbons (Fsp3) is 0.290. The summed E-state index contributed by atoms with van der Waals surface area (Å²) in [5.74, 6) is -0.262. The van der Waals surface area contributed by atoms with E-state index in [2.05, 4.69) is 11.1 Å². The average molecular weight is 571 g/mol. The van der Waals surface area contributed by atoms with Crippen molar-refractivity contribution >= 4 is 9.84 Å². The van der Waals surface area contributed by atoms with Gasteiger partial charge in [-0.25, -0.2) is 8.42 Å². The van der Waals surface area contributed by atoms with Crippen molar-refractivity contribution in [1.82, 2.24) is 14.1 Å². The number of aromatic hydroxyl groups is 1. The Morgan fingerprint density at radius 1 is 1.10 bits per heavy atom. The lowest BCUT2D eigenvalue weighted by Crippen LogP contribution is -2.28. The van der Waals surface area contributed by atoms with Crippen molar-refractivity contribution in [1.29, 1.82) is 5.26 Å². The van der Waals surface area contributed by atoms with Gasteiger partial charge in [-0.3, -0.25) is 14.2 Å². The van der Waals surface area contributed by atoms with Crippen LogP contribution in [-0.2, 0) is 23.3 Å². The monoisotopic (exact) mass is 570 g/mol. The van der Waals surface area contributed by atoms with Crippen LogP contribution in [0, 0.1) is 17.2 Å². The number of nitriles is 1.